The highest BCUT2D eigenvalue weighted by Crippen LogP contribution is 2.38. The van der Waals surface area contributed by atoms with Gasteiger partial charge in [-0.25, -0.2) is 4.39 Å². The zero-order valence-corrected chi connectivity index (χ0v) is 22.2. The maximum absolute atomic E-state index is 13.6. The molecule has 38 heavy (non-hydrogen) atoms. The number of aromatic hydroxyl groups is 1. The van der Waals surface area contributed by atoms with Gasteiger partial charge >= 0.3 is 0 Å². The smallest absolute Gasteiger partial charge is 0.123 e. The van der Waals surface area contributed by atoms with Crippen LogP contribution in [0.1, 0.15) is 61.3 Å². The zero-order valence-electron chi connectivity index (χ0n) is 22.2. The van der Waals surface area contributed by atoms with Crippen LogP contribution in [0.4, 0.5) is 10.1 Å². The van der Waals surface area contributed by atoms with Crippen LogP contribution in [-0.2, 0) is 12.8 Å². The predicted molar refractivity (Wildman–Crippen MR) is 150 cm³/mol. The predicted octanol–water partition coefficient (Wildman–Crippen LogP) is 6.91. The van der Waals surface area contributed by atoms with Crippen LogP contribution in [0.25, 0.3) is 0 Å². The fraction of sp³-hybridized carbons (Fsp3) is 0.455. The van der Waals surface area contributed by atoms with E-state index in [1.807, 2.05) is 24.3 Å². The molecule has 0 radical (unpaired) electrons. The summed E-state index contributed by atoms with van der Waals surface area (Å²) < 4.78 is 19.8. The van der Waals surface area contributed by atoms with Gasteiger partial charge in [-0.3, -0.25) is 4.90 Å². The van der Waals surface area contributed by atoms with E-state index in [9.17, 15) is 9.50 Å². The van der Waals surface area contributed by atoms with Crippen molar-refractivity contribution in [2.45, 2.75) is 63.5 Å². The van der Waals surface area contributed by atoms with E-state index in [1.165, 1.54) is 73.9 Å². The third kappa shape index (κ3) is 5.54. The number of ether oxygens (including phenoxy) is 1. The molecule has 4 nitrogen and oxygen atoms in total. The minimum absolute atomic E-state index is 0.110. The summed E-state index contributed by atoms with van der Waals surface area (Å²) in [5.74, 6) is 1.92. The number of halogens is 1. The zero-order chi connectivity index (χ0) is 25.9. The number of hydrogen-bond donors (Lipinski definition) is 1. The molecule has 1 saturated carbocycles. The van der Waals surface area contributed by atoms with E-state index in [0.717, 1.165) is 55.9 Å². The van der Waals surface area contributed by atoms with Crippen LogP contribution in [0.5, 0.6) is 11.5 Å². The van der Waals surface area contributed by atoms with Crippen molar-refractivity contribution in [3.05, 3.63) is 89.2 Å². The fourth-order valence-electron chi connectivity index (χ4n) is 7.09. The second-order valence-corrected chi connectivity index (χ2v) is 11.3. The number of benzene rings is 3. The third-order valence-electron chi connectivity index (χ3n) is 9.00. The number of phenolic OH excluding ortho intramolecular Hbond substituents is 1. The molecule has 1 N–H and O–H groups in total. The molecule has 1 aliphatic carbocycles. The van der Waals surface area contributed by atoms with E-state index in [4.69, 9.17) is 4.74 Å². The van der Waals surface area contributed by atoms with E-state index >= 15 is 0 Å². The first-order valence-corrected chi connectivity index (χ1v) is 14.4. The van der Waals surface area contributed by atoms with Gasteiger partial charge in [-0.1, -0.05) is 31.0 Å². The Hall–Kier alpha value is -3.05. The van der Waals surface area contributed by atoms with Crippen LogP contribution in [0.3, 0.4) is 0 Å². The number of piperidine rings is 1. The highest BCUT2D eigenvalue weighted by atomic mass is 19.1. The average Bonchev–Trinajstić information content (AvgIpc) is 2.95. The quantitative estimate of drug-likeness (QED) is 0.372. The number of phenols is 1. The molecular formula is C33H39FN2O2. The molecule has 3 atom stereocenters. The Kier molecular flexibility index (Phi) is 7.55. The third-order valence-corrected chi connectivity index (χ3v) is 9.00. The monoisotopic (exact) mass is 514 g/mol. The van der Waals surface area contributed by atoms with Crippen molar-refractivity contribution in [1.29, 1.82) is 0 Å². The molecule has 2 fully saturated rings. The van der Waals surface area contributed by atoms with Crippen molar-refractivity contribution in [1.82, 2.24) is 4.90 Å². The molecule has 5 heteroatoms. The molecule has 0 aromatic heterocycles. The second kappa shape index (κ2) is 11.4. The molecule has 0 amide bonds. The number of likely N-dealkylation sites (tertiary alicyclic amines) is 1. The normalized spacial score (nSPS) is 23.5. The Bertz CT molecular complexity index is 1210. The molecule has 6 rings (SSSR count). The molecule has 2 heterocycles. The van der Waals surface area contributed by atoms with Gasteiger partial charge in [-0.15, -0.1) is 0 Å². The van der Waals surface area contributed by atoms with Gasteiger partial charge in [0, 0.05) is 24.8 Å². The van der Waals surface area contributed by atoms with E-state index in [1.54, 1.807) is 6.07 Å². The molecule has 3 aromatic rings. The van der Waals surface area contributed by atoms with Gasteiger partial charge in [0.1, 0.15) is 23.9 Å². The molecule has 3 unspecified atom stereocenters. The maximum atomic E-state index is 13.6. The molecule has 2 aliphatic heterocycles. The van der Waals surface area contributed by atoms with Gasteiger partial charge in [-0.2, -0.15) is 0 Å². The number of rotatable bonds is 7. The maximum Gasteiger partial charge on any atom is 0.123 e. The van der Waals surface area contributed by atoms with Crippen molar-refractivity contribution in [3.63, 3.8) is 0 Å². The minimum atomic E-state index is -0.220. The first kappa shape index (κ1) is 25.2. The Balaban J connectivity index is 1.12. The van der Waals surface area contributed by atoms with E-state index in [2.05, 4.69) is 34.1 Å². The van der Waals surface area contributed by atoms with E-state index in [0.29, 0.717) is 5.75 Å². The van der Waals surface area contributed by atoms with Crippen LogP contribution < -0.4 is 9.64 Å². The van der Waals surface area contributed by atoms with Gasteiger partial charge in [0.05, 0.1) is 6.04 Å². The van der Waals surface area contributed by atoms with Crippen LogP contribution in [0.15, 0.2) is 66.7 Å². The lowest BCUT2D eigenvalue weighted by Crippen LogP contribution is -2.48. The first-order valence-electron chi connectivity index (χ1n) is 14.4. The number of fused-ring (bicyclic) bond motifs is 2. The van der Waals surface area contributed by atoms with Crippen molar-refractivity contribution >= 4 is 5.69 Å². The van der Waals surface area contributed by atoms with E-state index < -0.39 is 0 Å². The number of anilines is 1. The molecule has 3 aliphatic rings. The minimum Gasteiger partial charge on any atom is -0.508 e. The molecular weight excluding hydrogens is 475 g/mol. The van der Waals surface area contributed by atoms with Crippen LogP contribution >= 0.6 is 0 Å². The molecule has 200 valence electrons. The Morgan fingerprint density at radius 1 is 0.868 bits per heavy atom. The Morgan fingerprint density at radius 3 is 2.50 bits per heavy atom. The highest BCUT2D eigenvalue weighted by molar-refractivity contribution is 5.53. The van der Waals surface area contributed by atoms with Gasteiger partial charge < -0.3 is 14.7 Å². The highest BCUT2D eigenvalue weighted by Gasteiger charge is 2.33. The number of nitrogens with zero attached hydrogens (tertiary/aromatic N) is 2. The standard InChI is InChI=1S/C33H39FN2O2/c34-27-9-11-28(12-10-27)36-19-17-26-23-29(37)13-16-31(26)33(36)22-24-7-14-30(15-8-24)38-21-20-35-18-3-5-25-4-1-2-6-32(25)35/h7-16,23,25,32-33,37H,1-6,17-22H2. The lowest BCUT2D eigenvalue weighted by molar-refractivity contribution is 0.0501. The fourth-order valence-corrected chi connectivity index (χ4v) is 7.09. The summed E-state index contributed by atoms with van der Waals surface area (Å²) in [5, 5.41) is 10.0. The lowest BCUT2D eigenvalue weighted by Gasteiger charge is -2.44. The Labute approximate surface area is 226 Å². The average molecular weight is 515 g/mol. The topological polar surface area (TPSA) is 35.9 Å². The Morgan fingerprint density at radius 2 is 1.66 bits per heavy atom. The van der Waals surface area contributed by atoms with Gasteiger partial charge in [-0.05, 0) is 116 Å². The van der Waals surface area contributed by atoms with E-state index in [-0.39, 0.29) is 11.9 Å². The van der Waals surface area contributed by atoms with Crippen LogP contribution in [-0.4, -0.2) is 42.3 Å². The van der Waals surface area contributed by atoms with Crippen molar-refractivity contribution in [2.24, 2.45) is 5.92 Å². The van der Waals surface area contributed by atoms with Gasteiger partial charge in [0.2, 0.25) is 0 Å². The SMILES string of the molecule is Oc1ccc2c(c1)CCN(c1ccc(F)cc1)C2Cc1ccc(OCCN2CCCC3CCCCC32)cc1. The summed E-state index contributed by atoms with van der Waals surface area (Å²) in [6.45, 7) is 3.79. The molecule has 1 saturated heterocycles. The van der Waals surface area contributed by atoms with Crippen LogP contribution in [0, 0.1) is 11.7 Å². The van der Waals surface area contributed by atoms with Crippen LogP contribution in [0.2, 0.25) is 0 Å². The summed E-state index contributed by atoms with van der Waals surface area (Å²) in [7, 11) is 0. The van der Waals surface area contributed by atoms with Crippen molar-refractivity contribution in [3.8, 4) is 11.5 Å². The van der Waals surface area contributed by atoms with Gasteiger partial charge in [0.25, 0.3) is 0 Å². The van der Waals surface area contributed by atoms with Gasteiger partial charge in [0.15, 0.2) is 0 Å². The summed E-state index contributed by atoms with van der Waals surface area (Å²) >= 11 is 0. The second-order valence-electron chi connectivity index (χ2n) is 11.3. The summed E-state index contributed by atoms with van der Waals surface area (Å²) in [6.07, 6.45) is 9.98. The lowest BCUT2D eigenvalue weighted by atomic mass is 9.78. The number of hydrogen-bond acceptors (Lipinski definition) is 4. The largest absolute Gasteiger partial charge is 0.508 e. The molecule has 0 spiro atoms. The summed E-state index contributed by atoms with van der Waals surface area (Å²) in [4.78, 5) is 5.05. The van der Waals surface area contributed by atoms with Crippen molar-refractivity contribution < 1.29 is 14.2 Å². The van der Waals surface area contributed by atoms with Crippen molar-refractivity contribution in [2.75, 3.05) is 31.1 Å². The molecule has 3 aromatic carbocycles. The summed E-state index contributed by atoms with van der Waals surface area (Å²) in [6, 6.07) is 21.9. The molecule has 0 bridgehead atoms. The summed E-state index contributed by atoms with van der Waals surface area (Å²) in [5.41, 5.74) is 4.66. The first-order chi connectivity index (χ1) is 18.6.